The Morgan fingerprint density at radius 3 is 2.61 bits per heavy atom. The number of benzene rings is 1. The molecular weight excluding hydrogens is 466 g/mol. The summed E-state index contributed by atoms with van der Waals surface area (Å²) in [6.45, 7) is 4.35. The lowest BCUT2D eigenvalue weighted by Crippen LogP contribution is -2.38. The fourth-order valence-electron chi connectivity index (χ4n) is 6.10. The molecule has 0 saturated heterocycles. The molecule has 1 aromatic carbocycles. The van der Waals surface area contributed by atoms with Crippen molar-refractivity contribution < 1.29 is 18.3 Å². The van der Waals surface area contributed by atoms with Crippen LogP contribution in [0.3, 0.4) is 0 Å². The number of pyridine rings is 1. The van der Waals surface area contributed by atoms with Crippen LogP contribution in [-0.2, 0) is 10.2 Å². The van der Waals surface area contributed by atoms with Gasteiger partial charge < -0.3 is 4.74 Å². The van der Waals surface area contributed by atoms with Gasteiger partial charge in [-0.2, -0.15) is 5.10 Å². The monoisotopic (exact) mass is 488 g/mol. The Labute approximate surface area is 205 Å². The highest BCUT2D eigenvalue weighted by Gasteiger charge is 2.65. The van der Waals surface area contributed by atoms with Crippen LogP contribution >= 0.6 is 0 Å². The summed E-state index contributed by atoms with van der Waals surface area (Å²) in [7, 11) is 1.27. The lowest BCUT2D eigenvalue weighted by molar-refractivity contribution is 0.0587. The molecule has 2 aliphatic carbocycles. The van der Waals surface area contributed by atoms with Gasteiger partial charge in [0.15, 0.2) is 5.82 Å². The van der Waals surface area contributed by atoms with Crippen LogP contribution in [-0.4, -0.2) is 43.0 Å². The maximum absolute atomic E-state index is 14.5. The fourth-order valence-corrected chi connectivity index (χ4v) is 6.10. The van der Waals surface area contributed by atoms with Gasteiger partial charge in [0.25, 0.3) is 5.82 Å². The van der Waals surface area contributed by atoms with Gasteiger partial charge in [0.2, 0.25) is 0 Å². The summed E-state index contributed by atoms with van der Waals surface area (Å²) in [6, 6.07) is 11.2. The van der Waals surface area contributed by atoms with Gasteiger partial charge in [0, 0.05) is 0 Å². The predicted molar refractivity (Wildman–Crippen MR) is 124 cm³/mol. The van der Waals surface area contributed by atoms with Crippen LogP contribution in [0.15, 0.2) is 48.8 Å². The van der Waals surface area contributed by atoms with Gasteiger partial charge in [-0.05, 0) is 60.1 Å². The zero-order chi connectivity index (χ0) is 25.2. The Balaban J connectivity index is 1.48. The van der Waals surface area contributed by atoms with Crippen molar-refractivity contribution in [1.29, 1.82) is 0 Å². The van der Waals surface area contributed by atoms with E-state index in [0.717, 1.165) is 29.8 Å². The predicted octanol–water partition coefficient (Wildman–Crippen LogP) is 4.39. The van der Waals surface area contributed by atoms with Crippen LogP contribution in [0.5, 0.6) is 0 Å². The molecule has 2 bridgehead atoms. The van der Waals surface area contributed by atoms with E-state index in [2.05, 4.69) is 34.1 Å². The average molecular weight is 488 g/mol. The van der Waals surface area contributed by atoms with E-state index in [1.54, 1.807) is 12.1 Å². The van der Waals surface area contributed by atoms with Gasteiger partial charge in [0.1, 0.15) is 18.0 Å². The number of nitrogens with zero attached hydrogens (tertiary/aromatic N) is 6. The number of halogens is 2. The molecule has 3 aromatic heterocycles. The average Bonchev–Trinajstić information content (AvgIpc) is 3.52. The van der Waals surface area contributed by atoms with E-state index in [-0.39, 0.29) is 28.4 Å². The molecule has 4 aromatic rings. The molecule has 0 N–H and O–H groups in total. The highest BCUT2D eigenvalue weighted by atomic mass is 19.1. The zero-order valence-electron chi connectivity index (χ0n) is 19.9. The molecular formula is C26H22F2N6O2. The summed E-state index contributed by atoms with van der Waals surface area (Å²) in [4.78, 5) is 20.7. The van der Waals surface area contributed by atoms with Gasteiger partial charge in [-0.25, -0.2) is 28.2 Å². The lowest BCUT2D eigenvalue weighted by Gasteiger charge is -2.37. The standard InChI is InChI=1S/C26H22F2N6O2/c1-25(2)15-10-11-26(25,19-8-5-9-20(30-19)34-13-29-23(33-34)24(35)36-3)22-14(15)12-18(31-32-22)21-16(27)6-4-7-17(21)28/h4-9,12-13,15H,10-11H2,1-3H3/t15-,26+/m0/s1. The summed E-state index contributed by atoms with van der Waals surface area (Å²) in [5, 5.41) is 13.0. The van der Waals surface area contributed by atoms with Crippen molar-refractivity contribution in [2.75, 3.05) is 7.11 Å². The molecule has 1 fully saturated rings. The number of rotatable bonds is 4. The molecule has 182 valence electrons. The number of carbonyl (C=O) groups excluding carboxylic acids is 1. The van der Waals surface area contributed by atoms with Gasteiger partial charge in [-0.1, -0.05) is 26.0 Å². The van der Waals surface area contributed by atoms with E-state index in [1.165, 1.54) is 36.3 Å². The molecule has 0 aliphatic heterocycles. The van der Waals surface area contributed by atoms with Gasteiger partial charge in [0.05, 0.1) is 35.2 Å². The number of hydrogen-bond acceptors (Lipinski definition) is 7. The highest BCUT2D eigenvalue weighted by molar-refractivity contribution is 5.84. The first kappa shape index (κ1) is 22.4. The molecule has 0 unspecified atom stereocenters. The molecule has 36 heavy (non-hydrogen) atoms. The van der Waals surface area contributed by atoms with E-state index in [4.69, 9.17) is 9.72 Å². The first-order valence-electron chi connectivity index (χ1n) is 11.6. The van der Waals surface area contributed by atoms with E-state index < -0.39 is 23.0 Å². The van der Waals surface area contributed by atoms with E-state index in [0.29, 0.717) is 5.82 Å². The Morgan fingerprint density at radius 1 is 1.11 bits per heavy atom. The van der Waals surface area contributed by atoms with E-state index in [9.17, 15) is 13.6 Å². The van der Waals surface area contributed by atoms with Crippen LogP contribution in [0.2, 0.25) is 0 Å². The van der Waals surface area contributed by atoms with Crippen molar-refractivity contribution in [1.82, 2.24) is 29.9 Å². The van der Waals surface area contributed by atoms with Crippen molar-refractivity contribution in [3.63, 3.8) is 0 Å². The van der Waals surface area contributed by atoms with Crippen LogP contribution in [0.25, 0.3) is 17.1 Å². The second-order valence-corrected chi connectivity index (χ2v) is 9.73. The van der Waals surface area contributed by atoms with E-state index in [1.807, 2.05) is 12.1 Å². The number of fused-ring (bicyclic) bond motifs is 5. The number of methoxy groups -OCH3 is 1. The first-order valence-corrected chi connectivity index (χ1v) is 11.6. The molecule has 0 radical (unpaired) electrons. The molecule has 6 rings (SSSR count). The summed E-state index contributed by atoms with van der Waals surface area (Å²) in [6.07, 6.45) is 3.10. The molecule has 0 spiro atoms. The second kappa shape index (κ2) is 7.71. The minimum Gasteiger partial charge on any atom is -0.463 e. The SMILES string of the molecule is COC(=O)c1ncn(-c2cccc([C@]34CC[C@@H](c5cc(-c6c(F)cccc6F)nnc53)C4(C)C)n2)n1. The van der Waals surface area contributed by atoms with Gasteiger partial charge in [-0.15, -0.1) is 10.2 Å². The Hall–Kier alpha value is -4.08. The molecule has 2 atom stereocenters. The molecule has 0 amide bonds. The van der Waals surface area contributed by atoms with Gasteiger partial charge >= 0.3 is 5.97 Å². The van der Waals surface area contributed by atoms with Crippen molar-refractivity contribution in [3.05, 3.63) is 83.2 Å². The number of carbonyl (C=O) groups is 1. The zero-order valence-corrected chi connectivity index (χ0v) is 19.9. The molecule has 2 aliphatic rings. The molecule has 3 heterocycles. The summed E-state index contributed by atoms with van der Waals surface area (Å²) in [5.41, 5.74) is 1.70. The van der Waals surface area contributed by atoms with Crippen molar-refractivity contribution in [2.24, 2.45) is 5.41 Å². The number of hydrogen-bond donors (Lipinski definition) is 0. The van der Waals surface area contributed by atoms with Crippen molar-refractivity contribution in [2.45, 2.75) is 38.0 Å². The summed E-state index contributed by atoms with van der Waals surface area (Å²) in [5.74, 6) is -1.42. The largest absolute Gasteiger partial charge is 0.463 e. The van der Waals surface area contributed by atoms with Crippen molar-refractivity contribution >= 4 is 5.97 Å². The minimum atomic E-state index is -0.671. The minimum absolute atomic E-state index is 0.0610. The third kappa shape index (κ3) is 2.90. The Bertz CT molecular complexity index is 1510. The molecule has 10 heteroatoms. The second-order valence-electron chi connectivity index (χ2n) is 9.73. The van der Waals surface area contributed by atoms with Crippen molar-refractivity contribution in [3.8, 4) is 17.1 Å². The third-order valence-corrected chi connectivity index (χ3v) is 7.87. The number of ether oxygens (including phenoxy) is 1. The molecule has 8 nitrogen and oxygen atoms in total. The highest BCUT2D eigenvalue weighted by Crippen LogP contribution is 2.69. The normalized spacial score (nSPS) is 21.4. The summed E-state index contributed by atoms with van der Waals surface area (Å²) < 4.78 is 35.1. The third-order valence-electron chi connectivity index (χ3n) is 7.87. The van der Waals surface area contributed by atoms with Crippen LogP contribution in [0.1, 0.15) is 60.2 Å². The van der Waals surface area contributed by atoms with Gasteiger partial charge in [-0.3, -0.25) is 0 Å². The smallest absolute Gasteiger partial charge is 0.377 e. The quantitative estimate of drug-likeness (QED) is 0.393. The van der Waals surface area contributed by atoms with Crippen LogP contribution in [0, 0.1) is 17.0 Å². The lowest BCUT2D eigenvalue weighted by atomic mass is 9.66. The van der Waals surface area contributed by atoms with Crippen LogP contribution < -0.4 is 0 Å². The first-order chi connectivity index (χ1) is 17.3. The van der Waals surface area contributed by atoms with E-state index >= 15 is 0 Å². The maximum atomic E-state index is 14.5. The topological polar surface area (TPSA) is 95.7 Å². The Kier molecular flexibility index (Phi) is 4.79. The molecule has 1 saturated carbocycles. The number of aromatic nitrogens is 6. The van der Waals surface area contributed by atoms with Crippen LogP contribution in [0.4, 0.5) is 8.78 Å². The number of esters is 1. The fraction of sp³-hybridized carbons (Fsp3) is 0.308. The summed E-state index contributed by atoms with van der Waals surface area (Å²) >= 11 is 0. The maximum Gasteiger partial charge on any atom is 0.377 e. The Morgan fingerprint density at radius 2 is 1.86 bits per heavy atom.